The van der Waals surface area contributed by atoms with Crippen LogP contribution >= 0.6 is 0 Å². The van der Waals surface area contributed by atoms with E-state index < -0.39 is 0 Å². The highest BCUT2D eigenvalue weighted by Gasteiger charge is 2.51. The summed E-state index contributed by atoms with van der Waals surface area (Å²) in [4.78, 5) is 13.0. The summed E-state index contributed by atoms with van der Waals surface area (Å²) in [7, 11) is 1.67. The molecule has 5 heteroatoms. The standard InChI is InChI=1S/C27H28N2O3/c1-31-23-4-2-3-22(12-23)20-5-7-21(8-6-20)25-13-24(29-32-25)26(30)28-27-14-17-9-18(15-27)11-19(10-17)16-27/h2-8,12-13,17-19H,9-11,14-16H2,1H3,(H,28,30). The zero-order chi connectivity index (χ0) is 21.7. The van der Waals surface area contributed by atoms with Crippen LogP contribution < -0.4 is 10.1 Å². The van der Waals surface area contributed by atoms with Gasteiger partial charge in [0.25, 0.3) is 5.91 Å². The summed E-state index contributed by atoms with van der Waals surface area (Å²) in [6.45, 7) is 0. The molecule has 2 aromatic carbocycles. The van der Waals surface area contributed by atoms with Crippen molar-refractivity contribution in [2.24, 2.45) is 17.8 Å². The zero-order valence-electron chi connectivity index (χ0n) is 18.3. The van der Waals surface area contributed by atoms with Gasteiger partial charge in [0.2, 0.25) is 0 Å². The molecule has 0 saturated heterocycles. The average molecular weight is 429 g/mol. The van der Waals surface area contributed by atoms with Crippen molar-refractivity contribution >= 4 is 5.91 Å². The minimum absolute atomic E-state index is 0.0245. The van der Waals surface area contributed by atoms with Gasteiger partial charge in [-0.25, -0.2) is 0 Å². The lowest BCUT2D eigenvalue weighted by molar-refractivity contribution is -0.0168. The fraction of sp³-hybridized carbons (Fsp3) is 0.407. The summed E-state index contributed by atoms with van der Waals surface area (Å²) in [6.07, 6.45) is 7.45. The predicted octanol–water partition coefficient (Wildman–Crippen LogP) is 5.72. The zero-order valence-corrected chi connectivity index (χ0v) is 18.3. The average Bonchev–Trinajstić information content (AvgIpc) is 3.29. The Balaban J connectivity index is 1.18. The molecular weight excluding hydrogens is 400 g/mol. The summed E-state index contributed by atoms with van der Waals surface area (Å²) in [5.74, 6) is 3.71. The molecule has 0 spiro atoms. The predicted molar refractivity (Wildman–Crippen MR) is 122 cm³/mol. The van der Waals surface area contributed by atoms with Crippen LogP contribution in [0.1, 0.15) is 49.0 Å². The molecular formula is C27H28N2O3. The third-order valence-electron chi connectivity index (χ3n) is 7.73. The fourth-order valence-corrected chi connectivity index (χ4v) is 6.72. The summed E-state index contributed by atoms with van der Waals surface area (Å²) in [5, 5.41) is 7.46. The van der Waals surface area contributed by atoms with Crippen molar-refractivity contribution in [3.8, 4) is 28.2 Å². The number of aromatic nitrogens is 1. The molecule has 1 N–H and O–H groups in total. The highest BCUT2D eigenvalue weighted by Crippen LogP contribution is 2.55. The SMILES string of the molecule is COc1cccc(-c2ccc(-c3cc(C(=O)NC45CC6CC(CC(C6)C4)C5)no3)cc2)c1. The van der Waals surface area contributed by atoms with Crippen molar-refractivity contribution < 1.29 is 14.1 Å². The van der Waals surface area contributed by atoms with Crippen LogP contribution in [0.2, 0.25) is 0 Å². The Morgan fingerprint density at radius 2 is 1.59 bits per heavy atom. The minimum Gasteiger partial charge on any atom is -0.497 e. The number of carbonyl (C=O) groups is 1. The van der Waals surface area contributed by atoms with Crippen molar-refractivity contribution in [3.05, 3.63) is 60.3 Å². The van der Waals surface area contributed by atoms with Crippen LogP contribution in [0.4, 0.5) is 0 Å². The first-order valence-corrected chi connectivity index (χ1v) is 11.6. The molecule has 3 aromatic rings. The summed E-state index contributed by atoms with van der Waals surface area (Å²) < 4.78 is 10.9. The Kier molecular flexibility index (Phi) is 4.60. The van der Waals surface area contributed by atoms with Crippen LogP contribution in [0.15, 0.2) is 59.1 Å². The van der Waals surface area contributed by atoms with E-state index in [2.05, 4.69) is 16.5 Å². The molecule has 4 saturated carbocycles. The van der Waals surface area contributed by atoms with Gasteiger partial charge < -0.3 is 14.6 Å². The Bertz CT molecular complexity index is 1110. The van der Waals surface area contributed by atoms with Gasteiger partial charge in [-0.1, -0.05) is 41.6 Å². The van der Waals surface area contributed by atoms with Gasteiger partial charge in [0.1, 0.15) is 5.75 Å². The van der Waals surface area contributed by atoms with Crippen molar-refractivity contribution in [3.63, 3.8) is 0 Å². The number of nitrogens with one attached hydrogen (secondary N) is 1. The van der Waals surface area contributed by atoms with Gasteiger partial charge in [-0.15, -0.1) is 0 Å². The highest BCUT2D eigenvalue weighted by molar-refractivity contribution is 5.93. The molecule has 4 aliphatic rings. The molecule has 0 radical (unpaired) electrons. The lowest BCUT2D eigenvalue weighted by Crippen LogP contribution is -2.59. The molecule has 4 bridgehead atoms. The van der Waals surface area contributed by atoms with E-state index in [-0.39, 0.29) is 11.4 Å². The smallest absolute Gasteiger partial charge is 0.273 e. The highest BCUT2D eigenvalue weighted by atomic mass is 16.5. The maximum atomic E-state index is 13.0. The van der Waals surface area contributed by atoms with E-state index in [1.165, 1.54) is 19.3 Å². The Hall–Kier alpha value is -3.08. The maximum Gasteiger partial charge on any atom is 0.273 e. The first-order valence-electron chi connectivity index (χ1n) is 11.6. The molecule has 32 heavy (non-hydrogen) atoms. The van der Waals surface area contributed by atoms with E-state index >= 15 is 0 Å². The second kappa shape index (κ2) is 7.51. The maximum absolute atomic E-state index is 13.0. The molecule has 1 aromatic heterocycles. The topological polar surface area (TPSA) is 64.4 Å². The van der Waals surface area contributed by atoms with E-state index in [1.54, 1.807) is 13.2 Å². The van der Waals surface area contributed by atoms with E-state index in [1.807, 2.05) is 42.5 Å². The number of rotatable bonds is 5. The number of amides is 1. The van der Waals surface area contributed by atoms with E-state index in [0.717, 1.165) is 59.5 Å². The first-order chi connectivity index (χ1) is 15.6. The number of hydrogen-bond acceptors (Lipinski definition) is 4. The second-order valence-corrected chi connectivity index (χ2v) is 10.0. The van der Waals surface area contributed by atoms with Gasteiger partial charge >= 0.3 is 0 Å². The molecule has 4 fully saturated rings. The van der Waals surface area contributed by atoms with Crippen LogP contribution in [-0.2, 0) is 0 Å². The van der Waals surface area contributed by atoms with Crippen molar-refractivity contribution in [2.45, 2.75) is 44.1 Å². The first kappa shape index (κ1) is 19.6. The van der Waals surface area contributed by atoms with Crippen molar-refractivity contribution in [2.75, 3.05) is 7.11 Å². The van der Waals surface area contributed by atoms with Crippen molar-refractivity contribution in [1.82, 2.24) is 10.5 Å². The molecule has 0 atom stereocenters. The Labute approximate surface area is 188 Å². The molecule has 7 rings (SSSR count). The quantitative estimate of drug-likeness (QED) is 0.565. The Morgan fingerprint density at radius 3 is 2.25 bits per heavy atom. The van der Waals surface area contributed by atoms with Crippen LogP contribution in [-0.4, -0.2) is 23.7 Å². The number of nitrogens with zero attached hydrogens (tertiary/aromatic N) is 1. The minimum atomic E-state index is -0.102. The van der Waals surface area contributed by atoms with Crippen LogP contribution in [0, 0.1) is 17.8 Å². The van der Waals surface area contributed by atoms with Gasteiger partial charge in [0.05, 0.1) is 7.11 Å². The lowest BCUT2D eigenvalue weighted by atomic mass is 9.53. The number of carbonyl (C=O) groups excluding carboxylic acids is 1. The van der Waals surface area contributed by atoms with Crippen LogP contribution in [0.25, 0.3) is 22.5 Å². The molecule has 1 amide bonds. The van der Waals surface area contributed by atoms with Gasteiger partial charge in [-0.3, -0.25) is 4.79 Å². The number of methoxy groups -OCH3 is 1. The van der Waals surface area contributed by atoms with Gasteiger partial charge in [-0.05, 0) is 79.5 Å². The number of hydrogen-bond donors (Lipinski definition) is 1. The van der Waals surface area contributed by atoms with Crippen LogP contribution in [0.3, 0.4) is 0 Å². The monoisotopic (exact) mass is 428 g/mol. The molecule has 0 unspecified atom stereocenters. The molecule has 0 aliphatic heterocycles. The number of benzene rings is 2. The largest absolute Gasteiger partial charge is 0.497 e. The normalized spacial score (nSPS) is 28.0. The summed E-state index contributed by atoms with van der Waals surface area (Å²) >= 11 is 0. The van der Waals surface area contributed by atoms with Gasteiger partial charge in [0, 0.05) is 17.2 Å². The van der Waals surface area contributed by atoms with E-state index in [9.17, 15) is 4.79 Å². The third-order valence-corrected chi connectivity index (χ3v) is 7.73. The third kappa shape index (κ3) is 3.50. The van der Waals surface area contributed by atoms with Gasteiger partial charge in [-0.2, -0.15) is 0 Å². The molecule has 1 heterocycles. The van der Waals surface area contributed by atoms with Crippen molar-refractivity contribution in [1.29, 1.82) is 0 Å². The molecule has 5 nitrogen and oxygen atoms in total. The fourth-order valence-electron chi connectivity index (χ4n) is 6.72. The molecule has 4 aliphatic carbocycles. The van der Waals surface area contributed by atoms with E-state index in [0.29, 0.717) is 11.5 Å². The molecule has 164 valence electrons. The van der Waals surface area contributed by atoms with Gasteiger partial charge in [0.15, 0.2) is 11.5 Å². The van der Waals surface area contributed by atoms with E-state index in [4.69, 9.17) is 9.26 Å². The lowest BCUT2D eigenvalue weighted by Gasteiger charge is -2.56. The Morgan fingerprint density at radius 1 is 0.938 bits per heavy atom. The second-order valence-electron chi connectivity index (χ2n) is 10.0. The van der Waals surface area contributed by atoms with Crippen LogP contribution in [0.5, 0.6) is 5.75 Å². The number of ether oxygens (including phenoxy) is 1. The summed E-state index contributed by atoms with van der Waals surface area (Å²) in [6, 6.07) is 17.8. The summed E-state index contributed by atoms with van der Waals surface area (Å²) in [5.41, 5.74) is 3.42.